The predicted octanol–water partition coefficient (Wildman–Crippen LogP) is 6.07. The molecule has 0 bridgehead atoms. The number of carbonyl (C=O) groups excluding carboxylic acids is 2. The SMILES string of the molecule is CC[C@H]1O[C@@H](n2cc(C)c(NC(=O)c3ccccc3)nc2=O)C(OCOC(=O)C(C)(C)C)[C@H]1O[P@]1O[C@@](C)(c2ccccc2)[C@H]2CCCN21. The van der Waals surface area contributed by atoms with Gasteiger partial charge in [-0.25, -0.2) is 9.46 Å². The van der Waals surface area contributed by atoms with Gasteiger partial charge in [0.1, 0.15) is 23.6 Å². The molecular formula is C36H45N4O8P. The number of fused-ring (bicyclic) bond motifs is 1. The zero-order chi connectivity index (χ0) is 34.9. The molecule has 3 saturated heterocycles. The first kappa shape index (κ1) is 35.3. The minimum Gasteiger partial charge on any atom is -0.438 e. The lowest BCUT2D eigenvalue weighted by atomic mass is 9.87. The van der Waals surface area contributed by atoms with Crippen molar-refractivity contribution in [1.82, 2.24) is 14.2 Å². The zero-order valence-corrected chi connectivity index (χ0v) is 29.7. The number of aromatic nitrogens is 2. The summed E-state index contributed by atoms with van der Waals surface area (Å²) in [5.74, 6) is -0.663. The van der Waals surface area contributed by atoms with Crippen LogP contribution in [0.5, 0.6) is 0 Å². The molecular weight excluding hydrogens is 647 g/mol. The Balaban J connectivity index is 1.29. The first-order valence-electron chi connectivity index (χ1n) is 16.8. The second-order valence-corrected chi connectivity index (χ2v) is 15.3. The Morgan fingerprint density at radius 2 is 1.78 bits per heavy atom. The summed E-state index contributed by atoms with van der Waals surface area (Å²) in [7, 11) is -1.54. The van der Waals surface area contributed by atoms with Crippen LogP contribution in [0.1, 0.15) is 81.6 Å². The zero-order valence-electron chi connectivity index (χ0n) is 28.8. The summed E-state index contributed by atoms with van der Waals surface area (Å²) >= 11 is 0. The Hall–Kier alpha value is -3.51. The highest BCUT2D eigenvalue weighted by molar-refractivity contribution is 7.45. The largest absolute Gasteiger partial charge is 0.438 e. The standard InChI is InChI=1S/C36H45N4O8P/c1-7-26-28(47-49-40-20-14-19-27(40)36(6,48-49)25-17-12-9-13-18-25)29(44-22-45-33(42)35(3,4)5)32(46-26)39-21-23(2)30(38-34(39)43)37-31(41)24-15-10-8-11-16-24/h8-13,15-18,21,26-29,32H,7,14,19-20,22H2,1-6H3,(H,37,38,41,43)/t26-,27-,28+,29?,32-,36+,49-/m1/s1. The molecule has 6 rings (SSSR count). The Bertz CT molecular complexity index is 1700. The molecule has 13 heteroatoms. The average Bonchev–Trinajstić information content (AvgIpc) is 3.78. The quantitative estimate of drug-likeness (QED) is 0.152. The van der Waals surface area contributed by atoms with Crippen molar-refractivity contribution >= 4 is 26.2 Å². The summed E-state index contributed by atoms with van der Waals surface area (Å²) in [5.41, 5.74) is 0.125. The van der Waals surface area contributed by atoms with Crippen LogP contribution in [0.25, 0.3) is 0 Å². The van der Waals surface area contributed by atoms with Crippen LogP contribution in [-0.2, 0) is 33.7 Å². The molecule has 1 aromatic heterocycles. The van der Waals surface area contributed by atoms with Gasteiger partial charge in [0.15, 0.2) is 13.0 Å². The number of nitrogens with zero attached hydrogens (tertiary/aromatic N) is 3. The smallest absolute Gasteiger partial charge is 0.351 e. The molecule has 3 aliphatic heterocycles. The van der Waals surface area contributed by atoms with Gasteiger partial charge in [0, 0.05) is 23.9 Å². The van der Waals surface area contributed by atoms with E-state index in [9.17, 15) is 14.4 Å². The Labute approximate surface area is 288 Å². The molecule has 3 fully saturated rings. The van der Waals surface area contributed by atoms with Crippen molar-refractivity contribution in [2.75, 3.05) is 18.7 Å². The van der Waals surface area contributed by atoms with Crippen molar-refractivity contribution in [1.29, 1.82) is 0 Å². The summed E-state index contributed by atoms with van der Waals surface area (Å²) < 4.78 is 35.6. The minimum atomic E-state index is -1.54. The van der Waals surface area contributed by atoms with Crippen LogP contribution in [0.2, 0.25) is 0 Å². The van der Waals surface area contributed by atoms with Crippen molar-refractivity contribution in [3.05, 3.63) is 94.0 Å². The van der Waals surface area contributed by atoms with Gasteiger partial charge in [-0.2, -0.15) is 4.98 Å². The lowest BCUT2D eigenvalue weighted by Gasteiger charge is -2.30. The highest BCUT2D eigenvalue weighted by atomic mass is 31.2. The van der Waals surface area contributed by atoms with E-state index in [-0.39, 0.29) is 24.6 Å². The number of nitrogens with one attached hydrogen (secondary N) is 1. The Kier molecular flexibility index (Phi) is 10.4. The number of carbonyl (C=O) groups is 2. The van der Waals surface area contributed by atoms with Crippen molar-refractivity contribution in [3.8, 4) is 0 Å². The molecule has 0 saturated carbocycles. The van der Waals surface area contributed by atoms with Gasteiger partial charge in [-0.15, -0.1) is 0 Å². The van der Waals surface area contributed by atoms with Crippen LogP contribution in [0.4, 0.5) is 5.82 Å². The highest BCUT2D eigenvalue weighted by Gasteiger charge is 2.58. The van der Waals surface area contributed by atoms with E-state index in [1.807, 2.05) is 31.2 Å². The summed E-state index contributed by atoms with van der Waals surface area (Å²) in [6.45, 7) is 11.6. The van der Waals surface area contributed by atoms with E-state index in [2.05, 4.69) is 34.0 Å². The van der Waals surface area contributed by atoms with Crippen LogP contribution < -0.4 is 11.0 Å². The van der Waals surface area contributed by atoms with Gasteiger partial charge in [0.25, 0.3) is 14.4 Å². The van der Waals surface area contributed by atoms with Crippen LogP contribution in [-0.4, -0.2) is 63.8 Å². The molecule has 1 unspecified atom stereocenters. The van der Waals surface area contributed by atoms with E-state index in [1.54, 1.807) is 58.2 Å². The normalized spacial score (nSPS) is 28.4. The summed E-state index contributed by atoms with van der Waals surface area (Å²) in [4.78, 5) is 43.3. The molecule has 7 atom stereocenters. The second-order valence-electron chi connectivity index (χ2n) is 13.9. The molecule has 12 nitrogen and oxygen atoms in total. The molecule has 3 aromatic rings. The molecule has 2 aromatic carbocycles. The molecule has 1 amide bonds. The van der Waals surface area contributed by atoms with Gasteiger partial charge < -0.3 is 28.6 Å². The van der Waals surface area contributed by atoms with Gasteiger partial charge >= 0.3 is 11.7 Å². The van der Waals surface area contributed by atoms with Gasteiger partial charge in [0.05, 0.1) is 17.6 Å². The van der Waals surface area contributed by atoms with Gasteiger partial charge in [-0.1, -0.05) is 55.5 Å². The monoisotopic (exact) mass is 692 g/mol. The number of anilines is 1. The summed E-state index contributed by atoms with van der Waals surface area (Å²) in [5, 5.41) is 2.74. The van der Waals surface area contributed by atoms with Crippen molar-refractivity contribution in [2.24, 2.45) is 5.41 Å². The maximum Gasteiger partial charge on any atom is 0.351 e. The molecule has 49 heavy (non-hydrogen) atoms. The molecule has 0 radical (unpaired) electrons. The number of hydrogen-bond donors (Lipinski definition) is 1. The first-order chi connectivity index (χ1) is 23.4. The molecule has 0 aliphatic carbocycles. The first-order valence-corrected chi connectivity index (χ1v) is 17.9. The highest BCUT2D eigenvalue weighted by Crippen LogP contribution is 2.64. The Morgan fingerprint density at radius 1 is 1.08 bits per heavy atom. The summed E-state index contributed by atoms with van der Waals surface area (Å²) in [6, 6.07) is 19.0. The number of amides is 1. The maximum absolute atomic E-state index is 13.6. The number of benzene rings is 2. The average molecular weight is 693 g/mol. The van der Waals surface area contributed by atoms with E-state index < -0.39 is 55.7 Å². The fraction of sp³-hybridized carbons (Fsp3) is 0.500. The number of hydrogen-bond acceptors (Lipinski definition) is 10. The van der Waals surface area contributed by atoms with Crippen LogP contribution >= 0.6 is 8.53 Å². The van der Waals surface area contributed by atoms with Crippen LogP contribution in [0.15, 0.2) is 71.7 Å². The fourth-order valence-electron chi connectivity index (χ4n) is 6.58. The van der Waals surface area contributed by atoms with E-state index in [1.165, 1.54) is 4.57 Å². The van der Waals surface area contributed by atoms with Crippen LogP contribution in [0, 0.1) is 12.3 Å². The van der Waals surface area contributed by atoms with E-state index in [0.717, 1.165) is 24.9 Å². The van der Waals surface area contributed by atoms with Gasteiger partial charge in [0.2, 0.25) is 0 Å². The molecule has 262 valence electrons. The number of esters is 1. The summed E-state index contributed by atoms with van der Waals surface area (Å²) in [6.07, 6.45) is 1.17. The van der Waals surface area contributed by atoms with Gasteiger partial charge in [-0.3, -0.25) is 14.2 Å². The predicted molar refractivity (Wildman–Crippen MR) is 184 cm³/mol. The third kappa shape index (κ3) is 7.22. The number of ether oxygens (including phenoxy) is 3. The topological polar surface area (TPSA) is 130 Å². The minimum absolute atomic E-state index is 0.138. The van der Waals surface area contributed by atoms with E-state index in [0.29, 0.717) is 17.5 Å². The van der Waals surface area contributed by atoms with E-state index >= 15 is 0 Å². The lowest BCUT2D eigenvalue weighted by molar-refractivity contribution is -0.178. The lowest BCUT2D eigenvalue weighted by Crippen LogP contribution is -2.40. The third-order valence-corrected chi connectivity index (χ3v) is 11.2. The van der Waals surface area contributed by atoms with Gasteiger partial charge in [-0.05, 0) is 71.6 Å². The van der Waals surface area contributed by atoms with Crippen molar-refractivity contribution in [3.63, 3.8) is 0 Å². The number of rotatable bonds is 10. The maximum atomic E-state index is 13.6. The Morgan fingerprint density at radius 3 is 2.45 bits per heavy atom. The van der Waals surface area contributed by atoms with E-state index in [4.69, 9.17) is 23.3 Å². The second kappa shape index (κ2) is 14.4. The fourth-order valence-corrected chi connectivity index (χ4v) is 8.73. The van der Waals surface area contributed by atoms with Crippen molar-refractivity contribution in [2.45, 2.75) is 97.0 Å². The number of aryl methyl sites for hydroxylation is 1. The van der Waals surface area contributed by atoms with Crippen LogP contribution in [0.3, 0.4) is 0 Å². The molecule has 4 heterocycles. The molecule has 1 N–H and O–H groups in total. The van der Waals surface area contributed by atoms with Crippen molar-refractivity contribution < 1.29 is 32.8 Å². The molecule has 0 spiro atoms. The molecule has 3 aliphatic rings. The third-order valence-electron chi connectivity index (χ3n) is 9.32.